The Hall–Kier alpha value is -3.57. The van der Waals surface area contributed by atoms with Gasteiger partial charge in [-0.15, -0.1) is 15.3 Å². The highest BCUT2D eigenvalue weighted by Crippen LogP contribution is 2.22. The number of methoxy groups -OCH3 is 1. The fourth-order valence-corrected chi connectivity index (χ4v) is 4.09. The Morgan fingerprint density at radius 2 is 1.90 bits per heavy atom. The van der Waals surface area contributed by atoms with Crippen molar-refractivity contribution in [2.45, 2.75) is 4.90 Å². The second-order valence-electron chi connectivity index (χ2n) is 6.37. The smallest absolute Gasteiger partial charge is 0.244 e. The van der Waals surface area contributed by atoms with E-state index in [-0.39, 0.29) is 29.7 Å². The normalized spacial score (nSPS) is 11.5. The van der Waals surface area contributed by atoms with Gasteiger partial charge in [-0.25, -0.2) is 17.5 Å². The maximum Gasteiger partial charge on any atom is 0.244 e. The average molecular weight is 443 g/mol. The Kier molecular flexibility index (Phi) is 5.78. The molecule has 0 saturated heterocycles. The lowest BCUT2D eigenvalue weighted by atomic mass is 10.2. The van der Waals surface area contributed by atoms with Crippen molar-refractivity contribution in [3.8, 4) is 23.0 Å². The number of rotatable bonds is 8. The van der Waals surface area contributed by atoms with Crippen molar-refractivity contribution in [2.75, 3.05) is 20.3 Å². The molecule has 9 nitrogen and oxygen atoms in total. The minimum atomic E-state index is -3.77. The number of hydrogen-bond donors (Lipinski definition) is 1. The van der Waals surface area contributed by atoms with E-state index in [1.807, 2.05) is 0 Å². The molecular formula is C20H18FN5O4S. The number of halogens is 1. The second kappa shape index (κ2) is 8.66. The maximum atomic E-state index is 13.5. The van der Waals surface area contributed by atoms with Crippen LogP contribution in [0, 0.1) is 5.82 Å². The summed E-state index contributed by atoms with van der Waals surface area (Å²) < 4.78 is 53.1. The second-order valence-corrected chi connectivity index (χ2v) is 8.11. The van der Waals surface area contributed by atoms with Gasteiger partial charge in [0.05, 0.1) is 7.11 Å². The van der Waals surface area contributed by atoms with Crippen molar-refractivity contribution >= 4 is 15.7 Å². The van der Waals surface area contributed by atoms with E-state index in [2.05, 4.69) is 20.0 Å². The number of benzene rings is 2. The van der Waals surface area contributed by atoms with E-state index in [0.717, 1.165) is 0 Å². The highest BCUT2D eigenvalue weighted by Gasteiger charge is 2.18. The van der Waals surface area contributed by atoms with Crippen LogP contribution in [0.2, 0.25) is 0 Å². The number of ether oxygens (including phenoxy) is 2. The summed E-state index contributed by atoms with van der Waals surface area (Å²) >= 11 is 0. The van der Waals surface area contributed by atoms with E-state index in [1.54, 1.807) is 42.5 Å². The number of aromatic nitrogens is 4. The topological polar surface area (TPSA) is 108 Å². The lowest BCUT2D eigenvalue weighted by Crippen LogP contribution is -2.28. The molecule has 0 atom stereocenters. The summed E-state index contributed by atoms with van der Waals surface area (Å²) in [6.07, 6.45) is 0. The number of hydrogen-bond acceptors (Lipinski definition) is 7. The molecule has 0 saturated carbocycles. The SMILES string of the molecule is COc1ccccc1S(=O)(=O)NCCOc1ccc2nnc(-c3cccc(F)c3)n2n1. The van der Waals surface area contributed by atoms with E-state index in [1.165, 1.54) is 29.8 Å². The van der Waals surface area contributed by atoms with Crippen LogP contribution in [0.3, 0.4) is 0 Å². The van der Waals surface area contributed by atoms with Crippen molar-refractivity contribution in [1.82, 2.24) is 24.5 Å². The molecule has 0 fully saturated rings. The molecule has 2 aromatic carbocycles. The van der Waals surface area contributed by atoms with Crippen LogP contribution in [-0.4, -0.2) is 48.5 Å². The highest BCUT2D eigenvalue weighted by molar-refractivity contribution is 7.89. The molecule has 11 heteroatoms. The molecule has 1 N–H and O–H groups in total. The fourth-order valence-electron chi connectivity index (χ4n) is 2.91. The minimum absolute atomic E-state index is 0.0129. The molecule has 0 spiro atoms. The van der Waals surface area contributed by atoms with Gasteiger partial charge in [-0.2, -0.15) is 4.52 Å². The van der Waals surface area contributed by atoms with Crippen LogP contribution in [0.1, 0.15) is 0 Å². The average Bonchev–Trinajstić information content (AvgIpc) is 3.20. The van der Waals surface area contributed by atoms with Crippen LogP contribution < -0.4 is 14.2 Å². The first kappa shape index (κ1) is 20.7. The molecule has 0 aliphatic carbocycles. The third kappa shape index (κ3) is 4.47. The Morgan fingerprint density at radius 3 is 2.71 bits per heavy atom. The molecule has 2 aromatic heterocycles. The lowest BCUT2D eigenvalue weighted by molar-refractivity contribution is 0.305. The van der Waals surface area contributed by atoms with Crippen LogP contribution in [0.15, 0.2) is 65.6 Å². The highest BCUT2D eigenvalue weighted by atomic mass is 32.2. The van der Waals surface area contributed by atoms with Crippen LogP contribution in [0.25, 0.3) is 17.0 Å². The Labute approximate surface area is 177 Å². The molecule has 4 rings (SSSR count). The van der Waals surface area contributed by atoms with Crippen molar-refractivity contribution in [2.24, 2.45) is 0 Å². The van der Waals surface area contributed by atoms with Gasteiger partial charge >= 0.3 is 0 Å². The molecule has 4 aromatic rings. The molecule has 0 amide bonds. The van der Waals surface area contributed by atoms with Crippen LogP contribution in [-0.2, 0) is 10.0 Å². The molecule has 0 aliphatic heterocycles. The van der Waals surface area contributed by atoms with Crippen LogP contribution in [0.5, 0.6) is 11.6 Å². The number of nitrogens with one attached hydrogen (secondary N) is 1. The van der Waals surface area contributed by atoms with Gasteiger partial charge in [-0.05, 0) is 30.3 Å². The summed E-state index contributed by atoms with van der Waals surface area (Å²) in [5, 5.41) is 12.4. The summed E-state index contributed by atoms with van der Waals surface area (Å²) in [7, 11) is -2.36. The molecule has 160 valence electrons. The summed E-state index contributed by atoms with van der Waals surface area (Å²) in [4.78, 5) is 0.0428. The third-order valence-corrected chi connectivity index (χ3v) is 5.82. The quantitative estimate of drug-likeness (QED) is 0.416. The van der Waals surface area contributed by atoms with E-state index in [0.29, 0.717) is 17.0 Å². The van der Waals surface area contributed by atoms with Gasteiger partial charge in [-0.1, -0.05) is 24.3 Å². The number of nitrogens with zero attached hydrogens (tertiary/aromatic N) is 4. The molecular weight excluding hydrogens is 425 g/mol. The molecule has 0 unspecified atom stereocenters. The zero-order chi connectivity index (χ0) is 21.8. The summed E-state index contributed by atoms with van der Waals surface area (Å²) in [6, 6.07) is 15.5. The third-order valence-electron chi connectivity index (χ3n) is 4.32. The van der Waals surface area contributed by atoms with E-state index >= 15 is 0 Å². The van der Waals surface area contributed by atoms with E-state index in [4.69, 9.17) is 9.47 Å². The zero-order valence-corrected chi connectivity index (χ0v) is 17.2. The van der Waals surface area contributed by atoms with Gasteiger partial charge < -0.3 is 9.47 Å². The van der Waals surface area contributed by atoms with Crippen LogP contribution >= 0.6 is 0 Å². The lowest BCUT2D eigenvalue weighted by Gasteiger charge is -2.11. The van der Waals surface area contributed by atoms with E-state index < -0.39 is 15.8 Å². The van der Waals surface area contributed by atoms with Gasteiger partial charge in [0.1, 0.15) is 23.1 Å². The Morgan fingerprint density at radius 1 is 1.06 bits per heavy atom. The Bertz CT molecular complexity index is 1330. The van der Waals surface area contributed by atoms with Gasteiger partial charge in [0, 0.05) is 18.2 Å². The van der Waals surface area contributed by atoms with E-state index in [9.17, 15) is 12.8 Å². The van der Waals surface area contributed by atoms with Gasteiger partial charge in [0.25, 0.3) is 0 Å². The molecule has 0 aliphatic rings. The maximum absolute atomic E-state index is 13.5. The Balaban J connectivity index is 1.44. The van der Waals surface area contributed by atoms with Crippen molar-refractivity contribution in [3.05, 3.63) is 66.5 Å². The molecule has 2 heterocycles. The monoisotopic (exact) mass is 443 g/mol. The predicted octanol–water partition coefficient (Wildman–Crippen LogP) is 2.30. The number of fused-ring (bicyclic) bond motifs is 1. The predicted molar refractivity (Wildman–Crippen MR) is 110 cm³/mol. The standard InChI is InChI=1S/C20H18FN5O4S/c1-29-16-7-2-3-8-17(16)31(27,28)22-11-12-30-19-10-9-18-23-24-20(26(18)25-19)14-5-4-6-15(21)13-14/h2-10,13,22H,11-12H2,1H3. The summed E-state index contributed by atoms with van der Waals surface area (Å²) in [5.74, 6) is 0.447. The fraction of sp³-hybridized carbons (Fsp3) is 0.150. The minimum Gasteiger partial charge on any atom is -0.495 e. The molecule has 31 heavy (non-hydrogen) atoms. The summed E-state index contributed by atoms with van der Waals surface area (Å²) in [5.41, 5.74) is 0.977. The van der Waals surface area contributed by atoms with Gasteiger partial charge in [0.2, 0.25) is 15.9 Å². The number of para-hydroxylation sites is 1. The molecule has 0 radical (unpaired) electrons. The first-order valence-corrected chi connectivity index (χ1v) is 10.7. The zero-order valence-electron chi connectivity index (χ0n) is 16.4. The summed E-state index contributed by atoms with van der Waals surface area (Å²) in [6.45, 7) is 0.0450. The molecule has 0 bridgehead atoms. The van der Waals surface area contributed by atoms with Gasteiger partial charge in [0.15, 0.2) is 11.5 Å². The first-order chi connectivity index (χ1) is 15.0. The van der Waals surface area contributed by atoms with Crippen molar-refractivity contribution in [1.29, 1.82) is 0 Å². The van der Waals surface area contributed by atoms with Crippen molar-refractivity contribution < 1.29 is 22.3 Å². The van der Waals surface area contributed by atoms with Gasteiger partial charge in [-0.3, -0.25) is 0 Å². The first-order valence-electron chi connectivity index (χ1n) is 9.22. The van der Waals surface area contributed by atoms with Crippen LogP contribution in [0.4, 0.5) is 4.39 Å². The largest absolute Gasteiger partial charge is 0.495 e. The van der Waals surface area contributed by atoms with Crippen molar-refractivity contribution in [3.63, 3.8) is 0 Å². The number of sulfonamides is 1.